The van der Waals surface area contributed by atoms with Gasteiger partial charge in [0.05, 0.1) is 8.07 Å². The van der Waals surface area contributed by atoms with Crippen LogP contribution < -0.4 is 4.98 Å². The molecule has 1 atom stereocenters. The Bertz CT molecular complexity index is 222. The highest BCUT2D eigenvalue weighted by atomic mass is 32.1. The number of thiol groups is 1. The van der Waals surface area contributed by atoms with Crippen LogP contribution in [0.2, 0.25) is 36.9 Å². The molecule has 0 aliphatic heterocycles. The molecule has 0 aliphatic carbocycles. The maximum Gasteiger partial charge on any atom is 0.117 e. The second-order valence-corrected chi connectivity index (χ2v) is 18.6. The van der Waals surface area contributed by atoms with E-state index in [2.05, 4.69) is 71.5 Å². The minimum atomic E-state index is -1.30. The maximum absolute atomic E-state index is 4.58. The van der Waals surface area contributed by atoms with Crippen LogP contribution in [-0.4, -0.2) is 21.7 Å². The van der Waals surface area contributed by atoms with E-state index < -0.39 is 16.3 Å². The van der Waals surface area contributed by atoms with E-state index in [9.17, 15) is 0 Å². The van der Waals surface area contributed by atoms with Crippen molar-refractivity contribution in [2.24, 2.45) is 0 Å². The second kappa shape index (κ2) is 5.59. The zero-order valence-corrected chi connectivity index (χ0v) is 15.3. The van der Waals surface area contributed by atoms with Crippen molar-refractivity contribution in [1.82, 2.24) is 4.98 Å². The monoisotopic (exact) mass is 277 g/mol. The molecular formula is C12H31NSSi2. The Morgan fingerprint density at radius 2 is 1.56 bits per heavy atom. The summed E-state index contributed by atoms with van der Waals surface area (Å²) >= 11 is 4.58. The fraction of sp³-hybridized carbons (Fsp3) is 1.00. The molecule has 0 aromatic rings. The molecule has 16 heavy (non-hydrogen) atoms. The summed E-state index contributed by atoms with van der Waals surface area (Å²) in [4.78, 5) is 3.77. The number of rotatable bonds is 5. The fourth-order valence-electron chi connectivity index (χ4n) is 1.97. The van der Waals surface area contributed by atoms with Gasteiger partial charge in [0.15, 0.2) is 0 Å². The van der Waals surface area contributed by atoms with Crippen LogP contribution in [0.1, 0.15) is 34.1 Å². The topological polar surface area (TPSA) is 12.0 Å². The first-order valence-corrected chi connectivity index (χ1v) is 13.3. The van der Waals surface area contributed by atoms with Gasteiger partial charge in [-0.2, -0.15) is 12.6 Å². The lowest BCUT2D eigenvalue weighted by Gasteiger charge is -2.42. The summed E-state index contributed by atoms with van der Waals surface area (Å²) in [6.45, 7) is 19.4. The van der Waals surface area contributed by atoms with Crippen LogP contribution >= 0.6 is 12.6 Å². The third kappa shape index (κ3) is 5.38. The Hall–Kier alpha value is 0.744. The SMILES string of the molecule is CCC(S)N[Si](C)(C)C[Si](C)(C)C(C)(C)C. The summed E-state index contributed by atoms with van der Waals surface area (Å²) in [6.07, 6.45) is 1.11. The van der Waals surface area contributed by atoms with Gasteiger partial charge in [-0.3, -0.25) is 0 Å². The predicted octanol–water partition coefficient (Wildman–Crippen LogP) is 4.49. The maximum atomic E-state index is 4.58. The van der Waals surface area contributed by atoms with Gasteiger partial charge in [-0.1, -0.05) is 53.9 Å². The van der Waals surface area contributed by atoms with Gasteiger partial charge >= 0.3 is 0 Å². The molecule has 4 heteroatoms. The Kier molecular flexibility index (Phi) is 5.85. The highest BCUT2D eigenvalue weighted by molar-refractivity contribution is 7.81. The zero-order valence-electron chi connectivity index (χ0n) is 12.4. The molecule has 0 aromatic heterocycles. The molecule has 0 heterocycles. The lowest BCUT2D eigenvalue weighted by atomic mass is 10.2. The smallest absolute Gasteiger partial charge is 0.117 e. The molecule has 0 rings (SSSR count). The van der Waals surface area contributed by atoms with E-state index in [1.807, 2.05) is 0 Å². The number of hydrogen-bond donors (Lipinski definition) is 2. The van der Waals surface area contributed by atoms with Crippen molar-refractivity contribution >= 4 is 28.9 Å². The lowest BCUT2D eigenvalue weighted by molar-refractivity contribution is 0.717. The second-order valence-electron chi connectivity index (χ2n) is 7.26. The Morgan fingerprint density at radius 3 is 1.88 bits per heavy atom. The van der Waals surface area contributed by atoms with Crippen molar-refractivity contribution in [3.8, 4) is 0 Å². The molecule has 1 N–H and O–H groups in total. The Morgan fingerprint density at radius 1 is 1.12 bits per heavy atom. The van der Waals surface area contributed by atoms with Crippen molar-refractivity contribution in [2.75, 3.05) is 0 Å². The van der Waals surface area contributed by atoms with Crippen LogP contribution in [0.15, 0.2) is 0 Å². The van der Waals surface area contributed by atoms with E-state index in [0.29, 0.717) is 10.4 Å². The van der Waals surface area contributed by atoms with E-state index >= 15 is 0 Å². The highest BCUT2D eigenvalue weighted by Gasteiger charge is 2.40. The average molecular weight is 278 g/mol. The van der Waals surface area contributed by atoms with Crippen LogP contribution in [0, 0.1) is 0 Å². The highest BCUT2D eigenvalue weighted by Crippen LogP contribution is 2.40. The van der Waals surface area contributed by atoms with E-state index in [1.54, 1.807) is 0 Å². The van der Waals surface area contributed by atoms with Crippen LogP contribution in [0.3, 0.4) is 0 Å². The average Bonchev–Trinajstić information content (AvgIpc) is 1.98. The van der Waals surface area contributed by atoms with E-state index in [4.69, 9.17) is 0 Å². The van der Waals surface area contributed by atoms with Gasteiger partial charge in [-0.25, -0.2) is 0 Å². The molecule has 98 valence electrons. The van der Waals surface area contributed by atoms with Gasteiger partial charge in [0, 0.05) is 5.37 Å². The number of hydrogen-bond acceptors (Lipinski definition) is 2. The Labute approximate surface area is 110 Å². The molecule has 0 amide bonds. The molecule has 0 saturated carbocycles. The van der Waals surface area contributed by atoms with E-state index in [1.165, 1.54) is 5.67 Å². The van der Waals surface area contributed by atoms with Gasteiger partial charge < -0.3 is 4.98 Å². The molecule has 0 aliphatic rings. The first-order valence-electron chi connectivity index (χ1n) is 6.37. The van der Waals surface area contributed by atoms with Gasteiger partial charge in [0.1, 0.15) is 8.24 Å². The Balaban J connectivity index is 4.58. The first kappa shape index (κ1) is 16.7. The normalized spacial score (nSPS) is 16.3. The molecule has 0 fully saturated rings. The lowest BCUT2D eigenvalue weighted by Crippen LogP contribution is -2.55. The van der Waals surface area contributed by atoms with Gasteiger partial charge in [-0.05, 0) is 17.1 Å². The third-order valence-electron chi connectivity index (χ3n) is 3.86. The van der Waals surface area contributed by atoms with Gasteiger partial charge in [0.25, 0.3) is 0 Å². The van der Waals surface area contributed by atoms with E-state index in [-0.39, 0.29) is 0 Å². The summed E-state index contributed by atoms with van der Waals surface area (Å²) in [6, 6.07) is 0. The molecule has 0 spiro atoms. The summed E-state index contributed by atoms with van der Waals surface area (Å²) in [5, 5.41) is 0.878. The van der Waals surface area contributed by atoms with Gasteiger partial charge in [-0.15, -0.1) is 0 Å². The third-order valence-corrected chi connectivity index (χ3v) is 16.9. The largest absolute Gasteiger partial charge is 0.327 e. The van der Waals surface area contributed by atoms with Crippen LogP contribution in [-0.2, 0) is 0 Å². The van der Waals surface area contributed by atoms with Crippen LogP contribution in [0.25, 0.3) is 0 Å². The quantitative estimate of drug-likeness (QED) is 0.428. The van der Waals surface area contributed by atoms with Crippen molar-refractivity contribution < 1.29 is 0 Å². The standard InChI is InChI=1S/C12H31NSSi2/c1-9-11(14)13-16(7,8)10-15(5,6)12(2,3)4/h11,13-14H,9-10H2,1-8H3. The van der Waals surface area contributed by atoms with Crippen molar-refractivity contribution in [3.63, 3.8) is 0 Å². The number of nitrogens with one attached hydrogen (secondary N) is 1. The molecule has 1 unspecified atom stereocenters. The molecule has 1 nitrogen and oxygen atoms in total. The minimum absolute atomic E-state index is 0.381. The van der Waals surface area contributed by atoms with Crippen molar-refractivity contribution in [3.05, 3.63) is 0 Å². The molecular weight excluding hydrogens is 246 g/mol. The summed E-state index contributed by atoms with van der Waals surface area (Å²) in [7, 11) is -2.45. The molecule has 0 aromatic carbocycles. The molecule has 0 bridgehead atoms. The van der Waals surface area contributed by atoms with Crippen LogP contribution in [0.4, 0.5) is 0 Å². The van der Waals surface area contributed by atoms with Crippen molar-refractivity contribution in [2.45, 2.75) is 76.4 Å². The predicted molar refractivity (Wildman–Crippen MR) is 85.7 cm³/mol. The summed E-state index contributed by atoms with van der Waals surface area (Å²) in [5.41, 5.74) is 1.43. The van der Waals surface area contributed by atoms with Crippen molar-refractivity contribution in [1.29, 1.82) is 0 Å². The molecule has 0 saturated heterocycles. The minimum Gasteiger partial charge on any atom is -0.327 e. The first-order chi connectivity index (χ1) is 6.91. The van der Waals surface area contributed by atoms with Crippen LogP contribution in [0.5, 0.6) is 0 Å². The zero-order chi connectivity index (χ0) is 13.2. The fourth-order valence-corrected chi connectivity index (χ4v) is 15.5. The summed E-state index contributed by atoms with van der Waals surface area (Å²) in [5.74, 6) is 0. The van der Waals surface area contributed by atoms with Gasteiger partial charge in [0.2, 0.25) is 0 Å². The molecule has 0 radical (unpaired) electrons. The summed E-state index contributed by atoms with van der Waals surface area (Å²) < 4.78 is 0. The van der Waals surface area contributed by atoms with E-state index in [0.717, 1.165) is 6.42 Å².